The molecule has 0 bridgehead atoms. The first-order valence-electron chi connectivity index (χ1n) is 8.02. The molecule has 2 aromatic heterocycles. The van der Waals surface area contributed by atoms with Crippen molar-refractivity contribution in [1.29, 1.82) is 0 Å². The van der Waals surface area contributed by atoms with E-state index in [1.165, 1.54) is 6.08 Å². The molecule has 4 aromatic rings. The number of rotatable bonds is 3. The van der Waals surface area contributed by atoms with Gasteiger partial charge in [0.1, 0.15) is 0 Å². The van der Waals surface area contributed by atoms with E-state index in [1.807, 2.05) is 30.3 Å². The zero-order valence-corrected chi connectivity index (χ0v) is 13.8. The van der Waals surface area contributed by atoms with E-state index in [0.717, 1.165) is 40.0 Å². The number of aromatic amines is 1. The second-order valence-corrected chi connectivity index (χ2v) is 5.87. The van der Waals surface area contributed by atoms with Crippen LogP contribution in [0.2, 0.25) is 0 Å². The van der Waals surface area contributed by atoms with Crippen molar-refractivity contribution < 1.29 is 18.0 Å². The number of hydrogen-bond acceptors (Lipinski definition) is 2. The molecule has 4 rings (SSSR count). The summed E-state index contributed by atoms with van der Waals surface area (Å²) in [5, 5.41) is 4.15. The molecule has 0 radical (unpaired) electrons. The molecule has 27 heavy (non-hydrogen) atoms. The van der Waals surface area contributed by atoms with Crippen molar-refractivity contribution >= 4 is 39.5 Å². The van der Waals surface area contributed by atoms with E-state index >= 15 is 0 Å². The molecule has 134 valence electrons. The maximum atomic E-state index is 13.6. The second kappa shape index (κ2) is 6.60. The fourth-order valence-corrected chi connectivity index (χ4v) is 2.82. The predicted molar refractivity (Wildman–Crippen MR) is 97.6 cm³/mol. The van der Waals surface area contributed by atoms with Crippen LogP contribution in [0.25, 0.3) is 27.9 Å². The minimum Gasteiger partial charge on any atom is -0.353 e. The van der Waals surface area contributed by atoms with E-state index in [0.29, 0.717) is 5.69 Å². The lowest BCUT2D eigenvalue weighted by atomic mass is 10.1. The van der Waals surface area contributed by atoms with E-state index in [9.17, 15) is 18.0 Å². The van der Waals surface area contributed by atoms with Crippen LogP contribution in [0.4, 0.5) is 18.9 Å². The average Bonchev–Trinajstić information content (AvgIpc) is 3.05. The summed E-state index contributed by atoms with van der Waals surface area (Å²) in [5.41, 5.74) is 1.92. The number of nitrogens with one attached hydrogen (secondary N) is 2. The van der Waals surface area contributed by atoms with Gasteiger partial charge in [-0.1, -0.05) is 18.2 Å². The van der Waals surface area contributed by atoms with Gasteiger partial charge in [-0.25, -0.2) is 13.2 Å². The number of fused-ring (bicyclic) bond motifs is 3. The molecule has 2 aromatic carbocycles. The van der Waals surface area contributed by atoms with Crippen LogP contribution in [0.5, 0.6) is 0 Å². The summed E-state index contributed by atoms with van der Waals surface area (Å²) in [6.45, 7) is 0. The van der Waals surface area contributed by atoms with Crippen LogP contribution >= 0.6 is 0 Å². The summed E-state index contributed by atoms with van der Waals surface area (Å²) in [4.78, 5) is 19.4. The summed E-state index contributed by atoms with van der Waals surface area (Å²) < 4.78 is 39.7. The molecule has 2 heterocycles. The number of H-pyrrole nitrogens is 1. The van der Waals surface area contributed by atoms with Gasteiger partial charge in [-0.15, -0.1) is 0 Å². The highest BCUT2D eigenvalue weighted by atomic mass is 19.2. The number of pyridine rings is 1. The molecule has 0 aliphatic rings. The normalized spacial score (nSPS) is 11.5. The number of benzene rings is 2. The Morgan fingerprint density at radius 2 is 1.81 bits per heavy atom. The summed E-state index contributed by atoms with van der Waals surface area (Å²) in [7, 11) is 0. The van der Waals surface area contributed by atoms with Crippen molar-refractivity contribution in [2.24, 2.45) is 0 Å². The Labute approximate surface area is 151 Å². The molecule has 2 N–H and O–H groups in total. The quantitative estimate of drug-likeness (QED) is 0.404. The first kappa shape index (κ1) is 16.8. The Morgan fingerprint density at radius 1 is 1.00 bits per heavy atom. The number of aromatic nitrogens is 2. The summed E-state index contributed by atoms with van der Waals surface area (Å²) in [6, 6.07) is 11.3. The SMILES string of the molecule is O=C(/C=C/c1cc2c(cn1)[nH]c1ccccc12)Nc1ccc(F)c(F)c1F. The summed E-state index contributed by atoms with van der Waals surface area (Å²) in [5.74, 6) is -5.10. The molecule has 4 nitrogen and oxygen atoms in total. The van der Waals surface area contributed by atoms with Crippen LogP contribution in [-0.4, -0.2) is 15.9 Å². The van der Waals surface area contributed by atoms with Gasteiger partial charge in [0.05, 0.1) is 23.1 Å². The zero-order valence-electron chi connectivity index (χ0n) is 13.8. The van der Waals surface area contributed by atoms with Gasteiger partial charge >= 0.3 is 0 Å². The minimum absolute atomic E-state index is 0.441. The molecule has 7 heteroatoms. The van der Waals surface area contributed by atoms with E-state index in [1.54, 1.807) is 6.20 Å². The molecular formula is C20H12F3N3O. The van der Waals surface area contributed by atoms with Crippen molar-refractivity contribution in [1.82, 2.24) is 9.97 Å². The molecule has 0 fully saturated rings. The lowest BCUT2D eigenvalue weighted by Gasteiger charge is -2.04. The maximum absolute atomic E-state index is 13.6. The van der Waals surface area contributed by atoms with Crippen LogP contribution in [0, 0.1) is 17.5 Å². The Balaban J connectivity index is 1.58. The smallest absolute Gasteiger partial charge is 0.248 e. The van der Waals surface area contributed by atoms with Crippen molar-refractivity contribution in [3.63, 3.8) is 0 Å². The standard InChI is InChI=1S/C20H12F3N3O/c21-14-6-7-16(20(23)19(14)22)26-18(27)8-5-11-9-13-12-3-1-2-4-15(12)25-17(13)10-24-11/h1-10,25H,(H,26,27)/b8-5+. The highest BCUT2D eigenvalue weighted by Crippen LogP contribution is 2.25. The van der Waals surface area contributed by atoms with Gasteiger partial charge in [0.15, 0.2) is 17.5 Å². The van der Waals surface area contributed by atoms with Crippen molar-refractivity contribution in [2.45, 2.75) is 0 Å². The largest absolute Gasteiger partial charge is 0.353 e. The minimum atomic E-state index is -1.64. The number of para-hydroxylation sites is 1. The molecule has 1 amide bonds. The predicted octanol–water partition coefficient (Wildman–Crippen LogP) is 4.79. The maximum Gasteiger partial charge on any atom is 0.248 e. The van der Waals surface area contributed by atoms with Gasteiger partial charge in [0.2, 0.25) is 5.91 Å². The Bertz CT molecular complexity index is 1210. The Hall–Kier alpha value is -3.61. The molecule has 0 spiro atoms. The summed E-state index contributed by atoms with van der Waals surface area (Å²) >= 11 is 0. The topological polar surface area (TPSA) is 57.8 Å². The second-order valence-electron chi connectivity index (χ2n) is 5.87. The fraction of sp³-hybridized carbons (Fsp3) is 0. The molecule has 0 atom stereocenters. The van der Waals surface area contributed by atoms with Crippen molar-refractivity contribution in [3.8, 4) is 0 Å². The third-order valence-electron chi connectivity index (χ3n) is 4.11. The molecule has 0 saturated carbocycles. The third-order valence-corrected chi connectivity index (χ3v) is 4.11. The van der Waals surface area contributed by atoms with Gasteiger partial charge < -0.3 is 10.3 Å². The van der Waals surface area contributed by atoms with Crippen molar-refractivity contribution in [3.05, 3.63) is 77.9 Å². The third kappa shape index (κ3) is 3.15. The van der Waals surface area contributed by atoms with E-state index in [4.69, 9.17) is 0 Å². The van der Waals surface area contributed by atoms with Crippen LogP contribution in [0.1, 0.15) is 5.69 Å². The highest BCUT2D eigenvalue weighted by molar-refractivity contribution is 6.07. The molecular weight excluding hydrogens is 355 g/mol. The number of halogens is 3. The highest BCUT2D eigenvalue weighted by Gasteiger charge is 2.14. The average molecular weight is 367 g/mol. The van der Waals surface area contributed by atoms with Gasteiger partial charge in [-0.3, -0.25) is 9.78 Å². The number of carbonyl (C=O) groups is 1. The van der Waals surface area contributed by atoms with Crippen LogP contribution < -0.4 is 5.32 Å². The molecule has 0 aliphatic carbocycles. The van der Waals surface area contributed by atoms with Crippen molar-refractivity contribution in [2.75, 3.05) is 5.32 Å². The first-order chi connectivity index (χ1) is 13.0. The van der Waals surface area contributed by atoms with Gasteiger partial charge in [0, 0.05) is 22.4 Å². The van der Waals surface area contributed by atoms with Crippen LogP contribution in [0.3, 0.4) is 0 Å². The number of amides is 1. The lowest BCUT2D eigenvalue weighted by Crippen LogP contribution is -2.10. The van der Waals surface area contributed by atoms with Crippen LogP contribution in [0.15, 0.2) is 54.7 Å². The number of carbonyl (C=O) groups excluding carboxylic acids is 1. The van der Waals surface area contributed by atoms with Crippen LogP contribution in [-0.2, 0) is 4.79 Å². The fourth-order valence-electron chi connectivity index (χ4n) is 2.82. The molecule has 0 saturated heterocycles. The molecule has 0 unspecified atom stereocenters. The Morgan fingerprint density at radius 3 is 2.67 bits per heavy atom. The van der Waals surface area contributed by atoms with E-state index in [-0.39, 0.29) is 0 Å². The number of hydrogen-bond donors (Lipinski definition) is 2. The van der Waals surface area contributed by atoms with E-state index in [2.05, 4.69) is 15.3 Å². The van der Waals surface area contributed by atoms with Gasteiger partial charge in [0.25, 0.3) is 0 Å². The van der Waals surface area contributed by atoms with E-state index < -0.39 is 29.0 Å². The summed E-state index contributed by atoms with van der Waals surface area (Å²) in [6.07, 6.45) is 4.25. The number of nitrogens with zero attached hydrogens (tertiary/aromatic N) is 1. The number of anilines is 1. The lowest BCUT2D eigenvalue weighted by molar-refractivity contribution is -0.111. The first-order valence-corrected chi connectivity index (χ1v) is 8.02. The molecule has 0 aliphatic heterocycles. The zero-order chi connectivity index (χ0) is 19.0. The van der Waals surface area contributed by atoms with Gasteiger partial charge in [-0.2, -0.15) is 0 Å². The van der Waals surface area contributed by atoms with Gasteiger partial charge in [-0.05, 0) is 30.3 Å². The Kier molecular flexibility index (Phi) is 4.12. The monoisotopic (exact) mass is 367 g/mol.